The molecule has 0 aliphatic carbocycles. The van der Waals surface area contributed by atoms with E-state index in [2.05, 4.69) is 16.0 Å². The summed E-state index contributed by atoms with van der Waals surface area (Å²) in [4.78, 5) is 22.8. The number of hydrogen-bond donors (Lipinski definition) is 3. The molecule has 0 heterocycles. The van der Waals surface area contributed by atoms with Gasteiger partial charge in [-0.05, 0) is 24.3 Å². The van der Waals surface area contributed by atoms with Gasteiger partial charge in [-0.15, -0.1) is 0 Å². The minimum atomic E-state index is -0.353. The van der Waals surface area contributed by atoms with E-state index in [-0.39, 0.29) is 17.9 Å². The van der Waals surface area contributed by atoms with Crippen LogP contribution >= 0.6 is 0 Å². The topological polar surface area (TPSA) is 94.0 Å². The van der Waals surface area contributed by atoms with Gasteiger partial charge in [-0.2, -0.15) is 5.26 Å². The van der Waals surface area contributed by atoms with E-state index in [1.807, 2.05) is 6.07 Å². The fourth-order valence-electron chi connectivity index (χ4n) is 1.37. The van der Waals surface area contributed by atoms with Crippen LogP contribution in [0.25, 0.3) is 0 Å². The van der Waals surface area contributed by atoms with Crippen LogP contribution in [0, 0.1) is 17.2 Å². The lowest BCUT2D eigenvalue weighted by Crippen LogP contribution is -2.38. The normalized spacial score (nSPS) is 9.70. The van der Waals surface area contributed by atoms with Gasteiger partial charge in [0.25, 0.3) is 0 Å². The Morgan fingerprint density at radius 3 is 2.30 bits per heavy atom. The largest absolute Gasteiger partial charge is 0.354 e. The first-order chi connectivity index (χ1) is 9.52. The number of anilines is 1. The molecule has 3 N–H and O–H groups in total. The predicted octanol–water partition coefficient (Wildman–Crippen LogP) is 1.45. The van der Waals surface area contributed by atoms with Crippen LogP contribution in [0.4, 0.5) is 10.5 Å². The first kappa shape index (κ1) is 15.5. The Labute approximate surface area is 118 Å². The predicted molar refractivity (Wildman–Crippen MR) is 76.0 cm³/mol. The summed E-state index contributed by atoms with van der Waals surface area (Å²) in [6.07, 6.45) is 0. The van der Waals surface area contributed by atoms with Crippen molar-refractivity contribution in [1.29, 1.82) is 5.26 Å². The zero-order valence-electron chi connectivity index (χ0n) is 11.6. The summed E-state index contributed by atoms with van der Waals surface area (Å²) in [5, 5.41) is 16.6. The first-order valence-corrected chi connectivity index (χ1v) is 6.35. The van der Waals surface area contributed by atoms with Gasteiger partial charge < -0.3 is 16.0 Å². The molecule has 0 fully saturated rings. The molecule has 0 atom stereocenters. The molecule has 0 aromatic heterocycles. The molecule has 0 saturated heterocycles. The maximum atomic E-state index is 11.5. The van der Waals surface area contributed by atoms with Gasteiger partial charge in [0.1, 0.15) is 0 Å². The van der Waals surface area contributed by atoms with Gasteiger partial charge in [0.05, 0.1) is 11.6 Å². The van der Waals surface area contributed by atoms with Gasteiger partial charge in [-0.25, -0.2) is 4.79 Å². The number of hydrogen-bond acceptors (Lipinski definition) is 3. The van der Waals surface area contributed by atoms with E-state index in [1.165, 1.54) is 0 Å². The van der Waals surface area contributed by atoms with Crippen LogP contribution in [-0.4, -0.2) is 25.0 Å². The smallest absolute Gasteiger partial charge is 0.319 e. The highest BCUT2D eigenvalue weighted by molar-refractivity contribution is 5.89. The Hall–Kier alpha value is -2.55. The molecule has 1 rings (SSSR count). The molecule has 6 heteroatoms. The van der Waals surface area contributed by atoms with Crippen LogP contribution in [-0.2, 0) is 4.79 Å². The maximum absolute atomic E-state index is 11.5. The Bertz CT molecular complexity index is 503. The van der Waals surface area contributed by atoms with Crippen molar-refractivity contribution in [3.8, 4) is 6.07 Å². The minimum Gasteiger partial charge on any atom is -0.354 e. The summed E-state index contributed by atoms with van der Waals surface area (Å²) in [6, 6.07) is 8.20. The highest BCUT2D eigenvalue weighted by Crippen LogP contribution is 2.08. The summed E-state index contributed by atoms with van der Waals surface area (Å²) in [7, 11) is 0. The van der Waals surface area contributed by atoms with Crippen molar-refractivity contribution in [3.05, 3.63) is 29.8 Å². The number of rotatable bonds is 5. The zero-order valence-corrected chi connectivity index (χ0v) is 11.6. The molecule has 0 aliphatic heterocycles. The number of urea groups is 1. The van der Waals surface area contributed by atoms with Gasteiger partial charge in [0, 0.05) is 24.7 Å². The number of nitrogens with one attached hydrogen (secondary N) is 3. The average Bonchev–Trinajstić information content (AvgIpc) is 2.44. The van der Waals surface area contributed by atoms with Crippen molar-refractivity contribution >= 4 is 17.6 Å². The summed E-state index contributed by atoms with van der Waals surface area (Å²) in [5.74, 6) is -0.109. The van der Waals surface area contributed by atoms with Crippen molar-refractivity contribution in [2.75, 3.05) is 18.4 Å². The second-order valence-corrected chi connectivity index (χ2v) is 4.52. The molecule has 20 heavy (non-hydrogen) atoms. The number of nitriles is 1. The summed E-state index contributed by atoms with van der Waals surface area (Å²) in [6.45, 7) is 4.35. The number of nitrogens with zero attached hydrogens (tertiary/aromatic N) is 1. The number of carbonyl (C=O) groups excluding carboxylic acids is 2. The second-order valence-electron chi connectivity index (χ2n) is 4.52. The van der Waals surface area contributed by atoms with Crippen LogP contribution in [0.2, 0.25) is 0 Å². The summed E-state index contributed by atoms with van der Waals surface area (Å²) in [5.41, 5.74) is 1.14. The van der Waals surface area contributed by atoms with Crippen molar-refractivity contribution in [1.82, 2.24) is 10.6 Å². The molecule has 0 radical (unpaired) electrons. The summed E-state index contributed by atoms with van der Waals surface area (Å²) < 4.78 is 0. The third-order valence-corrected chi connectivity index (χ3v) is 2.51. The lowest BCUT2D eigenvalue weighted by molar-refractivity contribution is -0.123. The van der Waals surface area contributed by atoms with E-state index in [0.717, 1.165) is 0 Å². The van der Waals surface area contributed by atoms with Crippen molar-refractivity contribution in [3.63, 3.8) is 0 Å². The van der Waals surface area contributed by atoms with Gasteiger partial charge in [0.15, 0.2) is 0 Å². The monoisotopic (exact) mass is 274 g/mol. The number of amides is 3. The van der Waals surface area contributed by atoms with Crippen molar-refractivity contribution in [2.24, 2.45) is 5.92 Å². The van der Waals surface area contributed by atoms with Crippen LogP contribution in [0.3, 0.4) is 0 Å². The van der Waals surface area contributed by atoms with Gasteiger partial charge >= 0.3 is 6.03 Å². The molecular formula is C14H18N4O2. The lowest BCUT2D eigenvalue weighted by atomic mass is 10.2. The first-order valence-electron chi connectivity index (χ1n) is 6.35. The third-order valence-electron chi connectivity index (χ3n) is 2.51. The quantitative estimate of drug-likeness (QED) is 0.709. The van der Waals surface area contributed by atoms with Crippen LogP contribution < -0.4 is 16.0 Å². The van der Waals surface area contributed by atoms with Crippen LogP contribution in [0.15, 0.2) is 24.3 Å². The maximum Gasteiger partial charge on any atom is 0.319 e. The third kappa shape index (κ3) is 5.40. The van der Waals surface area contributed by atoms with Gasteiger partial charge in [-0.3, -0.25) is 4.79 Å². The van der Waals surface area contributed by atoms with E-state index < -0.39 is 0 Å². The van der Waals surface area contributed by atoms with Gasteiger partial charge in [0.2, 0.25) is 5.91 Å². The van der Waals surface area contributed by atoms with Crippen LogP contribution in [0.5, 0.6) is 0 Å². The Morgan fingerprint density at radius 2 is 1.75 bits per heavy atom. The summed E-state index contributed by atoms with van der Waals surface area (Å²) >= 11 is 0. The number of carbonyl (C=O) groups is 2. The Balaban J connectivity index is 2.26. The van der Waals surface area contributed by atoms with E-state index >= 15 is 0 Å². The van der Waals surface area contributed by atoms with Crippen LogP contribution in [0.1, 0.15) is 19.4 Å². The molecule has 1 aromatic carbocycles. The zero-order chi connectivity index (χ0) is 15.0. The fourth-order valence-corrected chi connectivity index (χ4v) is 1.37. The molecule has 0 spiro atoms. The standard InChI is InChI=1S/C14H18N4O2/c1-10(2)13(19)16-7-8-17-14(20)18-12-5-3-11(9-15)4-6-12/h3-6,10H,7-8H2,1-2H3,(H,16,19)(H2,17,18,20). The SMILES string of the molecule is CC(C)C(=O)NCCNC(=O)Nc1ccc(C#N)cc1. The number of benzene rings is 1. The van der Waals surface area contributed by atoms with E-state index in [1.54, 1.807) is 38.1 Å². The van der Waals surface area contributed by atoms with Crippen molar-refractivity contribution in [2.45, 2.75) is 13.8 Å². The van der Waals surface area contributed by atoms with E-state index in [4.69, 9.17) is 5.26 Å². The molecule has 106 valence electrons. The molecule has 0 saturated carbocycles. The molecule has 0 bridgehead atoms. The molecule has 6 nitrogen and oxygen atoms in total. The fraction of sp³-hybridized carbons (Fsp3) is 0.357. The Kier molecular flexibility index (Phi) is 6.04. The molecule has 0 unspecified atom stereocenters. The van der Waals surface area contributed by atoms with E-state index in [9.17, 15) is 9.59 Å². The highest BCUT2D eigenvalue weighted by atomic mass is 16.2. The van der Waals surface area contributed by atoms with Gasteiger partial charge in [-0.1, -0.05) is 13.8 Å². The van der Waals surface area contributed by atoms with Crippen molar-refractivity contribution < 1.29 is 9.59 Å². The molecule has 0 aliphatic rings. The molecule has 3 amide bonds. The lowest BCUT2D eigenvalue weighted by Gasteiger charge is -2.09. The second kappa shape index (κ2) is 7.79. The minimum absolute atomic E-state index is 0.0423. The molecule has 1 aromatic rings. The molecular weight excluding hydrogens is 256 g/mol. The highest BCUT2D eigenvalue weighted by Gasteiger charge is 2.05. The average molecular weight is 274 g/mol. The van der Waals surface area contributed by atoms with E-state index in [0.29, 0.717) is 24.3 Å². The Morgan fingerprint density at radius 1 is 1.15 bits per heavy atom.